The first-order chi connectivity index (χ1) is 10.1. The van der Waals surface area contributed by atoms with Crippen molar-refractivity contribution in [2.75, 3.05) is 6.54 Å². The molecule has 112 valence electrons. The molecular weight excluding hydrogens is 291 g/mol. The maximum Gasteiger partial charge on any atom is 0.133 e. The number of likely N-dealkylation sites (tertiary alicyclic amines) is 1. The van der Waals surface area contributed by atoms with E-state index in [1.807, 2.05) is 13.0 Å². The van der Waals surface area contributed by atoms with Crippen molar-refractivity contribution in [3.63, 3.8) is 0 Å². The summed E-state index contributed by atoms with van der Waals surface area (Å²) in [6.45, 7) is 3.60. The summed E-state index contributed by atoms with van der Waals surface area (Å²) >= 11 is 6.15. The van der Waals surface area contributed by atoms with Crippen LogP contribution in [0.2, 0.25) is 5.02 Å². The molecule has 3 nitrogen and oxygen atoms in total. The van der Waals surface area contributed by atoms with E-state index < -0.39 is 0 Å². The largest absolute Gasteiger partial charge is 0.361 e. The molecule has 1 aromatic heterocycles. The fourth-order valence-corrected chi connectivity index (χ4v) is 3.15. The van der Waals surface area contributed by atoms with E-state index in [0.29, 0.717) is 11.6 Å². The topological polar surface area (TPSA) is 29.3 Å². The predicted octanol–water partition coefficient (Wildman–Crippen LogP) is 4.50. The number of piperidine rings is 1. The van der Waals surface area contributed by atoms with Gasteiger partial charge in [-0.25, -0.2) is 4.39 Å². The molecule has 1 aliphatic heterocycles. The molecule has 2 heterocycles. The van der Waals surface area contributed by atoms with Crippen LogP contribution >= 0.6 is 11.6 Å². The van der Waals surface area contributed by atoms with Crippen LogP contribution in [0.25, 0.3) is 0 Å². The average Bonchev–Trinajstić information content (AvgIpc) is 2.89. The number of halogens is 2. The van der Waals surface area contributed by atoms with E-state index in [2.05, 4.69) is 10.1 Å². The Kier molecular flexibility index (Phi) is 4.27. The second-order valence-electron chi connectivity index (χ2n) is 5.58. The highest BCUT2D eigenvalue weighted by molar-refractivity contribution is 6.31. The van der Waals surface area contributed by atoms with E-state index in [4.69, 9.17) is 16.1 Å². The SMILES string of the molecule is Cc1cc(C2CCCCN2Cc2ccc(F)cc2Cl)no1. The maximum atomic E-state index is 13.2. The van der Waals surface area contributed by atoms with Gasteiger partial charge >= 0.3 is 0 Å². The lowest BCUT2D eigenvalue weighted by molar-refractivity contribution is 0.134. The fraction of sp³-hybridized carbons (Fsp3) is 0.438. The molecule has 1 saturated heterocycles. The zero-order chi connectivity index (χ0) is 14.8. The number of aromatic nitrogens is 1. The summed E-state index contributed by atoms with van der Waals surface area (Å²) in [5.41, 5.74) is 1.93. The minimum Gasteiger partial charge on any atom is -0.361 e. The van der Waals surface area contributed by atoms with Gasteiger partial charge in [0.25, 0.3) is 0 Å². The highest BCUT2D eigenvalue weighted by atomic mass is 35.5. The van der Waals surface area contributed by atoms with Gasteiger partial charge in [0.15, 0.2) is 0 Å². The molecule has 1 atom stereocenters. The number of hydrogen-bond acceptors (Lipinski definition) is 3. The number of nitrogens with zero attached hydrogens (tertiary/aromatic N) is 2. The Hall–Kier alpha value is -1.39. The van der Waals surface area contributed by atoms with E-state index in [0.717, 1.165) is 36.4 Å². The molecule has 0 radical (unpaired) electrons. The van der Waals surface area contributed by atoms with E-state index in [9.17, 15) is 4.39 Å². The van der Waals surface area contributed by atoms with Crippen molar-refractivity contribution in [3.8, 4) is 0 Å². The Morgan fingerprint density at radius 1 is 1.38 bits per heavy atom. The van der Waals surface area contributed by atoms with Crippen LogP contribution in [0.15, 0.2) is 28.8 Å². The standard InChI is InChI=1S/C16H18ClFN2O/c1-11-8-15(19-21-11)16-4-2-3-7-20(16)10-12-5-6-13(18)9-14(12)17/h5-6,8-9,16H,2-4,7,10H2,1H3. The Morgan fingerprint density at radius 3 is 2.95 bits per heavy atom. The lowest BCUT2D eigenvalue weighted by Crippen LogP contribution is -2.33. The normalized spacial score (nSPS) is 19.9. The summed E-state index contributed by atoms with van der Waals surface area (Å²) in [6.07, 6.45) is 3.40. The van der Waals surface area contributed by atoms with Gasteiger partial charge in [0.05, 0.1) is 6.04 Å². The van der Waals surface area contributed by atoms with Crippen LogP contribution in [0, 0.1) is 12.7 Å². The Labute approximate surface area is 128 Å². The van der Waals surface area contributed by atoms with Crippen LogP contribution in [-0.2, 0) is 6.54 Å². The molecule has 3 rings (SSSR count). The average molecular weight is 309 g/mol. The summed E-state index contributed by atoms with van der Waals surface area (Å²) in [4.78, 5) is 2.35. The maximum absolute atomic E-state index is 13.2. The summed E-state index contributed by atoms with van der Waals surface area (Å²) in [7, 11) is 0. The highest BCUT2D eigenvalue weighted by Crippen LogP contribution is 2.32. The van der Waals surface area contributed by atoms with Crippen LogP contribution in [0.1, 0.15) is 42.3 Å². The zero-order valence-electron chi connectivity index (χ0n) is 12.0. The zero-order valence-corrected chi connectivity index (χ0v) is 12.7. The van der Waals surface area contributed by atoms with Crippen molar-refractivity contribution in [3.05, 3.63) is 52.1 Å². The Bertz CT molecular complexity index is 628. The lowest BCUT2D eigenvalue weighted by atomic mass is 9.98. The molecule has 21 heavy (non-hydrogen) atoms. The van der Waals surface area contributed by atoms with Crippen LogP contribution in [0.4, 0.5) is 4.39 Å². The third-order valence-electron chi connectivity index (χ3n) is 3.99. The smallest absolute Gasteiger partial charge is 0.133 e. The highest BCUT2D eigenvalue weighted by Gasteiger charge is 2.27. The van der Waals surface area contributed by atoms with Crippen molar-refractivity contribution in [2.45, 2.75) is 38.8 Å². The van der Waals surface area contributed by atoms with Crippen LogP contribution in [0.3, 0.4) is 0 Å². The van der Waals surface area contributed by atoms with Crippen LogP contribution in [-0.4, -0.2) is 16.6 Å². The summed E-state index contributed by atoms with van der Waals surface area (Å²) in [5, 5.41) is 4.64. The fourth-order valence-electron chi connectivity index (χ4n) is 2.93. The molecule has 0 N–H and O–H groups in total. The number of benzene rings is 1. The van der Waals surface area contributed by atoms with Crippen molar-refractivity contribution in [1.82, 2.24) is 10.1 Å². The molecular formula is C16H18ClFN2O. The molecule has 0 saturated carbocycles. The molecule has 0 amide bonds. The molecule has 5 heteroatoms. The third kappa shape index (κ3) is 3.27. The second-order valence-corrected chi connectivity index (χ2v) is 5.99. The first-order valence-corrected chi connectivity index (χ1v) is 7.62. The molecule has 0 spiro atoms. The predicted molar refractivity (Wildman–Crippen MR) is 79.7 cm³/mol. The Balaban J connectivity index is 1.81. The summed E-state index contributed by atoms with van der Waals surface area (Å²) in [6, 6.07) is 6.83. The molecule has 0 bridgehead atoms. The number of hydrogen-bond donors (Lipinski definition) is 0. The Morgan fingerprint density at radius 2 is 2.24 bits per heavy atom. The molecule has 1 aliphatic rings. The van der Waals surface area contributed by atoms with Crippen molar-refractivity contribution in [2.24, 2.45) is 0 Å². The van der Waals surface area contributed by atoms with E-state index >= 15 is 0 Å². The number of aryl methyl sites for hydroxylation is 1. The summed E-state index contributed by atoms with van der Waals surface area (Å²) in [5.74, 6) is 0.529. The van der Waals surface area contributed by atoms with Crippen LogP contribution in [0.5, 0.6) is 0 Å². The van der Waals surface area contributed by atoms with Gasteiger partial charge < -0.3 is 4.52 Å². The summed E-state index contributed by atoms with van der Waals surface area (Å²) < 4.78 is 18.4. The minimum atomic E-state index is -0.300. The third-order valence-corrected chi connectivity index (χ3v) is 4.34. The van der Waals surface area contributed by atoms with Gasteiger partial charge in [0.1, 0.15) is 17.3 Å². The quantitative estimate of drug-likeness (QED) is 0.836. The van der Waals surface area contributed by atoms with E-state index in [1.165, 1.54) is 18.6 Å². The van der Waals surface area contributed by atoms with E-state index in [1.54, 1.807) is 6.07 Å². The molecule has 1 fully saturated rings. The van der Waals surface area contributed by atoms with Gasteiger partial charge in [-0.05, 0) is 44.0 Å². The van der Waals surface area contributed by atoms with Gasteiger partial charge in [0.2, 0.25) is 0 Å². The van der Waals surface area contributed by atoms with Gasteiger partial charge in [-0.15, -0.1) is 0 Å². The molecule has 1 unspecified atom stereocenters. The lowest BCUT2D eigenvalue weighted by Gasteiger charge is -2.34. The first-order valence-electron chi connectivity index (χ1n) is 7.24. The number of rotatable bonds is 3. The molecule has 2 aromatic rings. The van der Waals surface area contributed by atoms with Crippen molar-refractivity contribution in [1.29, 1.82) is 0 Å². The van der Waals surface area contributed by atoms with E-state index in [-0.39, 0.29) is 11.9 Å². The molecule has 1 aromatic carbocycles. The minimum absolute atomic E-state index is 0.248. The van der Waals surface area contributed by atoms with Gasteiger partial charge in [-0.2, -0.15) is 0 Å². The van der Waals surface area contributed by atoms with Crippen LogP contribution < -0.4 is 0 Å². The first kappa shape index (κ1) is 14.5. The second kappa shape index (κ2) is 6.16. The van der Waals surface area contributed by atoms with Crippen molar-refractivity contribution < 1.29 is 8.91 Å². The molecule has 0 aliphatic carbocycles. The monoisotopic (exact) mass is 308 g/mol. The van der Waals surface area contributed by atoms with Gasteiger partial charge in [-0.3, -0.25) is 4.90 Å². The van der Waals surface area contributed by atoms with Gasteiger partial charge in [-0.1, -0.05) is 29.2 Å². The van der Waals surface area contributed by atoms with Gasteiger partial charge in [0, 0.05) is 17.6 Å². The van der Waals surface area contributed by atoms with Crippen molar-refractivity contribution >= 4 is 11.6 Å².